The number of hydrogen-bond donors (Lipinski definition) is 2. The molecule has 16 heavy (non-hydrogen) atoms. The number of carbonyl (C=O) groups is 2. The van der Waals surface area contributed by atoms with Gasteiger partial charge in [0.15, 0.2) is 5.78 Å². The minimum atomic E-state index is -1.19. The van der Waals surface area contributed by atoms with E-state index in [1.165, 1.54) is 18.9 Å². The molecule has 4 heteroatoms. The second-order valence-electron chi connectivity index (χ2n) is 3.72. The van der Waals surface area contributed by atoms with Crippen LogP contribution in [0.1, 0.15) is 52.4 Å². The van der Waals surface area contributed by atoms with Gasteiger partial charge in [0, 0.05) is 6.42 Å². The summed E-state index contributed by atoms with van der Waals surface area (Å²) < 4.78 is 0. The van der Waals surface area contributed by atoms with Crippen molar-refractivity contribution in [1.82, 2.24) is 5.32 Å². The molecule has 4 nitrogen and oxygen atoms in total. The highest BCUT2D eigenvalue weighted by Gasteiger charge is 2.10. The van der Waals surface area contributed by atoms with Crippen molar-refractivity contribution in [2.24, 2.45) is 0 Å². The van der Waals surface area contributed by atoms with Crippen LogP contribution in [-0.2, 0) is 4.79 Å². The Hall–Kier alpha value is -1.32. The summed E-state index contributed by atoms with van der Waals surface area (Å²) in [5.74, 6) is -0.124. The SMILES string of the molecule is C/C=C(\NC(=O)O)C(=O)CCCCCCC. The van der Waals surface area contributed by atoms with Crippen LogP contribution in [0.5, 0.6) is 0 Å². The lowest BCUT2D eigenvalue weighted by molar-refractivity contribution is -0.116. The van der Waals surface area contributed by atoms with Crippen molar-refractivity contribution in [3.63, 3.8) is 0 Å². The molecule has 0 aliphatic rings. The number of hydrogen-bond acceptors (Lipinski definition) is 2. The van der Waals surface area contributed by atoms with E-state index in [1.54, 1.807) is 6.92 Å². The van der Waals surface area contributed by atoms with E-state index < -0.39 is 6.09 Å². The fraction of sp³-hybridized carbons (Fsp3) is 0.667. The van der Waals surface area contributed by atoms with Gasteiger partial charge in [0.2, 0.25) is 0 Å². The Morgan fingerprint density at radius 1 is 1.19 bits per heavy atom. The van der Waals surface area contributed by atoms with Crippen LogP contribution >= 0.6 is 0 Å². The Balaban J connectivity index is 3.81. The Morgan fingerprint density at radius 2 is 1.81 bits per heavy atom. The third-order valence-corrected chi connectivity index (χ3v) is 2.34. The molecule has 1 amide bonds. The maximum Gasteiger partial charge on any atom is 0.409 e. The number of amides is 1. The molecule has 0 aliphatic carbocycles. The molecule has 0 heterocycles. The maximum absolute atomic E-state index is 11.5. The van der Waals surface area contributed by atoms with E-state index in [9.17, 15) is 9.59 Å². The molecule has 0 spiro atoms. The second-order valence-corrected chi connectivity index (χ2v) is 3.72. The quantitative estimate of drug-likeness (QED) is 0.494. The predicted octanol–water partition coefficient (Wildman–Crippen LogP) is 3.09. The van der Waals surface area contributed by atoms with Gasteiger partial charge in [0.25, 0.3) is 0 Å². The van der Waals surface area contributed by atoms with Crippen molar-refractivity contribution in [3.8, 4) is 0 Å². The summed E-state index contributed by atoms with van der Waals surface area (Å²) in [7, 11) is 0. The van der Waals surface area contributed by atoms with E-state index in [4.69, 9.17) is 5.11 Å². The van der Waals surface area contributed by atoms with Crippen molar-refractivity contribution in [2.75, 3.05) is 0 Å². The van der Waals surface area contributed by atoms with Gasteiger partial charge in [-0.2, -0.15) is 0 Å². The van der Waals surface area contributed by atoms with E-state index in [-0.39, 0.29) is 11.5 Å². The van der Waals surface area contributed by atoms with Gasteiger partial charge < -0.3 is 5.11 Å². The summed E-state index contributed by atoms with van der Waals surface area (Å²) in [6.45, 7) is 3.79. The van der Waals surface area contributed by atoms with Gasteiger partial charge in [-0.1, -0.05) is 38.7 Å². The topological polar surface area (TPSA) is 66.4 Å². The zero-order valence-electron chi connectivity index (χ0n) is 10.1. The number of ketones is 1. The fourth-order valence-electron chi connectivity index (χ4n) is 1.44. The van der Waals surface area contributed by atoms with Gasteiger partial charge in [0.05, 0.1) is 5.70 Å². The molecule has 2 N–H and O–H groups in total. The molecule has 0 saturated heterocycles. The van der Waals surface area contributed by atoms with E-state index in [0.29, 0.717) is 6.42 Å². The van der Waals surface area contributed by atoms with Gasteiger partial charge in [-0.05, 0) is 13.3 Å². The summed E-state index contributed by atoms with van der Waals surface area (Å²) in [5.41, 5.74) is 0.183. The fourth-order valence-corrected chi connectivity index (χ4v) is 1.44. The number of carbonyl (C=O) groups excluding carboxylic acids is 1. The van der Waals surface area contributed by atoms with Crippen molar-refractivity contribution >= 4 is 11.9 Å². The molecule has 92 valence electrons. The molecule has 0 aliphatic heterocycles. The third kappa shape index (κ3) is 7.04. The van der Waals surface area contributed by atoms with Crippen molar-refractivity contribution in [2.45, 2.75) is 52.4 Å². The van der Waals surface area contributed by atoms with Gasteiger partial charge >= 0.3 is 6.09 Å². The van der Waals surface area contributed by atoms with Crippen LogP contribution in [0, 0.1) is 0 Å². The minimum absolute atomic E-state index is 0.124. The van der Waals surface area contributed by atoms with Gasteiger partial charge in [-0.25, -0.2) is 4.79 Å². The van der Waals surface area contributed by atoms with E-state index in [2.05, 4.69) is 12.2 Å². The third-order valence-electron chi connectivity index (χ3n) is 2.34. The number of nitrogens with one attached hydrogen (secondary N) is 1. The first-order valence-electron chi connectivity index (χ1n) is 5.81. The number of Topliss-reactive ketones (excluding diaryl/α,β-unsaturated/α-hetero) is 1. The predicted molar refractivity (Wildman–Crippen MR) is 63.3 cm³/mol. The van der Waals surface area contributed by atoms with Gasteiger partial charge in [-0.3, -0.25) is 10.1 Å². The zero-order valence-corrected chi connectivity index (χ0v) is 10.1. The van der Waals surface area contributed by atoms with Crippen LogP contribution in [0.15, 0.2) is 11.8 Å². The molecule has 0 aromatic carbocycles. The molecular weight excluding hydrogens is 206 g/mol. The Morgan fingerprint density at radius 3 is 2.31 bits per heavy atom. The lowest BCUT2D eigenvalue weighted by Gasteiger charge is -2.05. The van der Waals surface area contributed by atoms with E-state index >= 15 is 0 Å². The lowest BCUT2D eigenvalue weighted by atomic mass is 10.1. The van der Waals surface area contributed by atoms with Gasteiger partial charge in [-0.15, -0.1) is 0 Å². The molecule has 0 aromatic rings. The Bertz CT molecular complexity index is 259. The molecule has 0 fully saturated rings. The smallest absolute Gasteiger partial charge is 0.409 e. The molecule has 0 radical (unpaired) electrons. The average Bonchev–Trinajstić information content (AvgIpc) is 2.25. The first kappa shape index (κ1) is 14.7. The van der Waals surface area contributed by atoms with E-state index in [0.717, 1.165) is 19.3 Å². The molecular formula is C12H21NO3. The lowest BCUT2D eigenvalue weighted by Crippen LogP contribution is -2.25. The second kappa shape index (κ2) is 8.95. The zero-order chi connectivity index (χ0) is 12.4. The Labute approximate surface area is 96.7 Å². The molecule has 0 atom stereocenters. The summed E-state index contributed by atoms with van der Waals surface area (Å²) in [4.78, 5) is 21.9. The van der Waals surface area contributed by atoms with Crippen LogP contribution in [0.4, 0.5) is 4.79 Å². The van der Waals surface area contributed by atoms with Crippen molar-refractivity contribution < 1.29 is 14.7 Å². The molecule has 0 saturated carbocycles. The number of unbranched alkanes of at least 4 members (excludes halogenated alkanes) is 4. The summed E-state index contributed by atoms with van der Waals surface area (Å²) in [5, 5.41) is 10.6. The molecule has 0 unspecified atom stereocenters. The summed E-state index contributed by atoms with van der Waals surface area (Å²) in [6, 6.07) is 0. The highest BCUT2D eigenvalue weighted by Crippen LogP contribution is 2.07. The van der Waals surface area contributed by atoms with Gasteiger partial charge in [0.1, 0.15) is 0 Å². The van der Waals surface area contributed by atoms with Crippen LogP contribution in [0.2, 0.25) is 0 Å². The first-order valence-corrected chi connectivity index (χ1v) is 5.81. The monoisotopic (exact) mass is 227 g/mol. The number of rotatable bonds is 8. The van der Waals surface area contributed by atoms with Crippen LogP contribution in [0.3, 0.4) is 0 Å². The van der Waals surface area contributed by atoms with Crippen molar-refractivity contribution in [3.05, 3.63) is 11.8 Å². The van der Waals surface area contributed by atoms with E-state index in [1.807, 2.05) is 0 Å². The van der Waals surface area contributed by atoms with Crippen molar-refractivity contribution in [1.29, 1.82) is 0 Å². The number of carboxylic acid groups (broad SMARTS) is 1. The number of allylic oxidation sites excluding steroid dienone is 2. The van der Waals surface area contributed by atoms with Crippen LogP contribution in [-0.4, -0.2) is 17.0 Å². The first-order chi connectivity index (χ1) is 7.61. The summed E-state index contributed by atoms with van der Waals surface area (Å²) in [6.07, 6.45) is 6.11. The molecule has 0 aromatic heterocycles. The van der Waals surface area contributed by atoms with Crippen LogP contribution in [0.25, 0.3) is 0 Å². The Kier molecular flexibility index (Phi) is 8.21. The van der Waals surface area contributed by atoms with Crippen LogP contribution < -0.4 is 5.32 Å². The highest BCUT2D eigenvalue weighted by molar-refractivity contribution is 5.97. The average molecular weight is 227 g/mol. The maximum atomic E-state index is 11.5. The minimum Gasteiger partial charge on any atom is -0.465 e. The highest BCUT2D eigenvalue weighted by atomic mass is 16.4. The molecule has 0 rings (SSSR count). The summed E-state index contributed by atoms with van der Waals surface area (Å²) >= 11 is 0. The standard InChI is InChI=1S/C12H21NO3/c1-3-5-6-7-8-9-11(14)10(4-2)13-12(15)16/h4,13H,3,5-9H2,1-2H3,(H,15,16)/b10-4-. The molecule has 0 bridgehead atoms. The largest absolute Gasteiger partial charge is 0.465 e. The normalized spacial score (nSPS) is 11.2.